The number of ether oxygens (including phenoxy) is 3. The van der Waals surface area contributed by atoms with Crippen molar-refractivity contribution in [2.24, 2.45) is 0 Å². The monoisotopic (exact) mass is 932 g/mol. The molecule has 348 valence electrons. The Kier molecular flexibility index (Phi) is 13.0. The average Bonchev–Trinajstić information content (AvgIpc) is 3.95. The summed E-state index contributed by atoms with van der Waals surface area (Å²) in [4.78, 5) is 14.4. The van der Waals surface area contributed by atoms with Crippen molar-refractivity contribution < 1.29 is 28.1 Å². The van der Waals surface area contributed by atoms with Gasteiger partial charge in [-0.3, -0.25) is 4.90 Å². The van der Waals surface area contributed by atoms with Gasteiger partial charge in [0.15, 0.2) is 6.23 Å². The summed E-state index contributed by atoms with van der Waals surface area (Å²) in [6.07, 6.45) is 6.95. The highest BCUT2D eigenvalue weighted by Gasteiger charge is 2.51. The number of fused-ring (bicyclic) bond motifs is 3. The van der Waals surface area contributed by atoms with Crippen LogP contribution in [0.4, 0.5) is 10.2 Å². The van der Waals surface area contributed by atoms with E-state index in [0.29, 0.717) is 75.3 Å². The van der Waals surface area contributed by atoms with Crippen LogP contribution in [0.15, 0.2) is 91.1 Å². The molecule has 6 heterocycles. The highest BCUT2D eigenvalue weighted by Crippen LogP contribution is 2.43. The summed E-state index contributed by atoms with van der Waals surface area (Å²) in [5.41, 5.74) is 4.20. The molecule has 0 amide bonds. The SMILES string of the molecule is CC(C)(C)[Si](OCCCc1c(Cl)cc2c(cnn2C2CCCCO2)c1-c1ccc2c(N3CCOC[C@@H](O)C3)nc(OC[C@@]34CCCN3C[C@H](F)C4)nc2c1)(c1ccccc1)c1ccccc1. The van der Waals surface area contributed by atoms with Crippen LogP contribution in [0.1, 0.15) is 77.5 Å². The van der Waals surface area contributed by atoms with Crippen LogP contribution < -0.4 is 20.0 Å². The van der Waals surface area contributed by atoms with Crippen molar-refractivity contribution in [3.8, 4) is 17.1 Å². The molecule has 4 aliphatic heterocycles. The van der Waals surface area contributed by atoms with E-state index in [0.717, 1.165) is 78.0 Å². The number of halogens is 2. The van der Waals surface area contributed by atoms with Gasteiger partial charge in [0.25, 0.3) is 8.32 Å². The lowest BCUT2D eigenvalue weighted by molar-refractivity contribution is -0.0366. The second kappa shape index (κ2) is 18.9. The molecule has 4 saturated heterocycles. The number of alkyl halides is 1. The zero-order chi connectivity index (χ0) is 45.5. The third kappa shape index (κ3) is 8.65. The second-order valence-electron chi connectivity index (χ2n) is 19.8. The molecule has 0 radical (unpaired) electrons. The molecule has 4 fully saturated rings. The maximum atomic E-state index is 14.8. The first-order valence-corrected chi connectivity index (χ1v) is 26.2. The highest BCUT2D eigenvalue weighted by atomic mass is 35.5. The van der Waals surface area contributed by atoms with Gasteiger partial charge >= 0.3 is 6.01 Å². The minimum Gasteiger partial charge on any atom is -0.461 e. The number of β-amino-alcohol motifs (C(OH)–C–C–N with tert-alkyl or cyclic N) is 1. The number of hydrogen-bond donors (Lipinski definition) is 1. The molecule has 1 N–H and O–H groups in total. The van der Waals surface area contributed by atoms with Crippen LogP contribution in [0.2, 0.25) is 10.1 Å². The number of aromatic nitrogens is 4. The summed E-state index contributed by atoms with van der Waals surface area (Å²) in [5, 5.41) is 20.6. The number of nitrogens with zero attached hydrogens (tertiary/aromatic N) is 6. The van der Waals surface area contributed by atoms with E-state index >= 15 is 0 Å². The third-order valence-electron chi connectivity index (χ3n) is 14.4. The molecule has 0 saturated carbocycles. The Bertz CT molecular complexity index is 2610. The van der Waals surface area contributed by atoms with Gasteiger partial charge in [-0.25, -0.2) is 9.07 Å². The molecule has 0 spiro atoms. The summed E-state index contributed by atoms with van der Waals surface area (Å²) >= 11 is 7.48. The highest BCUT2D eigenvalue weighted by molar-refractivity contribution is 6.99. The van der Waals surface area contributed by atoms with Crippen LogP contribution in [-0.4, -0.2) is 115 Å². The molecule has 0 bridgehead atoms. The lowest BCUT2D eigenvalue weighted by Gasteiger charge is -2.43. The molecule has 2 aromatic heterocycles. The Labute approximate surface area is 393 Å². The Morgan fingerprint density at radius 1 is 0.924 bits per heavy atom. The molecule has 11 nitrogen and oxygen atoms in total. The van der Waals surface area contributed by atoms with E-state index in [1.165, 1.54) is 10.4 Å². The first-order valence-electron chi connectivity index (χ1n) is 23.9. The Hall–Kier alpha value is -4.47. The molecule has 6 aromatic rings. The zero-order valence-corrected chi connectivity index (χ0v) is 40.2. The normalized spacial score (nSPS) is 23.1. The van der Waals surface area contributed by atoms with E-state index in [1.807, 2.05) is 10.9 Å². The van der Waals surface area contributed by atoms with Crippen LogP contribution in [0.5, 0.6) is 6.01 Å². The minimum absolute atomic E-state index is 0.150. The van der Waals surface area contributed by atoms with Gasteiger partial charge in [0.1, 0.15) is 18.6 Å². The number of anilines is 1. The van der Waals surface area contributed by atoms with Crippen molar-refractivity contribution in [2.45, 2.75) is 101 Å². The second-order valence-corrected chi connectivity index (χ2v) is 24.5. The van der Waals surface area contributed by atoms with Crippen molar-refractivity contribution in [1.82, 2.24) is 24.6 Å². The molecule has 14 heteroatoms. The Morgan fingerprint density at radius 2 is 1.71 bits per heavy atom. The number of aliphatic hydroxyl groups excluding tert-OH is 1. The zero-order valence-electron chi connectivity index (χ0n) is 38.4. The summed E-state index contributed by atoms with van der Waals surface area (Å²) < 4.78 is 42.7. The number of rotatable bonds is 13. The average molecular weight is 934 g/mol. The molecule has 10 rings (SSSR count). The van der Waals surface area contributed by atoms with Crippen molar-refractivity contribution >= 4 is 57.9 Å². The smallest absolute Gasteiger partial charge is 0.319 e. The fourth-order valence-electron chi connectivity index (χ4n) is 11.3. The van der Waals surface area contributed by atoms with Crippen molar-refractivity contribution in [2.75, 3.05) is 64.1 Å². The van der Waals surface area contributed by atoms with Crippen LogP contribution in [0, 0.1) is 0 Å². The van der Waals surface area contributed by atoms with Crippen LogP contribution >= 0.6 is 11.6 Å². The van der Waals surface area contributed by atoms with E-state index in [1.54, 1.807) is 0 Å². The molecule has 0 aliphatic carbocycles. The van der Waals surface area contributed by atoms with E-state index in [4.69, 9.17) is 45.3 Å². The maximum Gasteiger partial charge on any atom is 0.319 e. The van der Waals surface area contributed by atoms with Gasteiger partial charge in [-0.1, -0.05) is 99.1 Å². The van der Waals surface area contributed by atoms with Gasteiger partial charge in [-0.15, -0.1) is 0 Å². The number of benzene rings is 4. The summed E-state index contributed by atoms with van der Waals surface area (Å²) in [7, 11) is -2.76. The van der Waals surface area contributed by atoms with Crippen molar-refractivity contribution in [1.29, 1.82) is 0 Å². The van der Waals surface area contributed by atoms with Crippen molar-refractivity contribution in [3.63, 3.8) is 0 Å². The molecule has 1 unspecified atom stereocenters. The summed E-state index contributed by atoms with van der Waals surface area (Å²) in [5.74, 6) is 0.667. The van der Waals surface area contributed by atoms with Gasteiger partial charge in [0.05, 0.1) is 42.1 Å². The number of aliphatic hydroxyl groups is 1. The lowest BCUT2D eigenvalue weighted by Crippen LogP contribution is -2.66. The van der Waals surface area contributed by atoms with E-state index < -0.39 is 20.6 Å². The van der Waals surface area contributed by atoms with Gasteiger partial charge in [-0.2, -0.15) is 15.1 Å². The van der Waals surface area contributed by atoms with E-state index in [9.17, 15) is 9.50 Å². The number of hydrogen-bond acceptors (Lipinski definition) is 10. The maximum absolute atomic E-state index is 14.8. The van der Waals surface area contributed by atoms with Crippen LogP contribution in [0.25, 0.3) is 32.9 Å². The first-order chi connectivity index (χ1) is 32.0. The topological polar surface area (TPSA) is 107 Å². The fourth-order valence-corrected chi connectivity index (χ4v) is 16.2. The predicted molar refractivity (Wildman–Crippen MR) is 262 cm³/mol. The minimum atomic E-state index is -2.76. The predicted octanol–water partition coefficient (Wildman–Crippen LogP) is 8.66. The Balaban J connectivity index is 1.05. The van der Waals surface area contributed by atoms with Gasteiger partial charge in [-0.05, 0) is 102 Å². The molecule has 4 aromatic carbocycles. The molecular formula is C52H62ClFN6O5Si. The van der Waals surface area contributed by atoms with E-state index in [-0.39, 0.29) is 29.4 Å². The molecule has 66 heavy (non-hydrogen) atoms. The van der Waals surface area contributed by atoms with E-state index in [2.05, 4.69) is 116 Å². The standard InChI is InChI=1S/C52H62ClFN6O5Si/c1-51(2,3)66(39-14-6-4-7-15-39,40-16-8-5-9-17-40)65-26-12-18-41-44(53)29-46-43(31-55-60(46)47-19-10-11-25-63-47)48(41)36-20-21-42-45(28-36)56-50(57-49(42)58-24-27-62-34-38(61)33-58)64-35-52-22-13-23-59(52)32-37(54)30-52/h4-9,14-17,20-21,28-29,31,37-38,47,61H,10-13,18-19,22-27,30,32-35H2,1-3H3/t37-,38+,47?,52+/m1/s1. The van der Waals surface area contributed by atoms with Crippen LogP contribution in [0.3, 0.4) is 0 Å². The quantitative estimate of drug-likeness (QED) is 0.0894. The fraction of sp³-hybridized carbons (Fsp3) is 0.481. The van der Waals surface area contributed by atoms with Gasteiger partial charge < -0.3 is 28.6 Å². The van der Waals surface area contributed by atoms with Gasteiger partial charge in [0, 0.05) is 55.1 Å². The molecule has 4 aliphatic rings. The summed E-state index contributed by atoms with van der Waals surface area (Å²) in [6.45, 7) is 11.4. The van der Waals surface area contributed by atoms with Gasteiger partial charge in [0.2, 0.25) is 0 Å². The van der Waals surface area contributed by atoms with Crippen LogP contribution in [-0.2, 0) is 20.3 Å². The molecular weight excluding hydrogens is 871 g/mol. The Morgan fingerprint density at radius 3 is 2.45 bits per heavy atom. The first kappa shape index (κ1) is 45.3. The largest absolute Gasteiger partial charge is 0.461 e. The third-order valence-corrected chi connectivity index (χ3v) is 19.8. The lowest BCUT2D eigenvalue weighted by atomic mass is 9.92. The summed E-state index contributed by atoms with van der Waals surface area (Å²) in [6, 6.07) is 30.1. The molecule has 4 atom stereocenters. The van der Waals surface area contributed by atoms with Crippen molar-refractivity contribution in [3.05, 3.63) is 102 Å².